The number of aryl methyl sites for hydroxylation is 1. The number of amides is 2. The van der Waals surface area contributed by atoms with Gasteiger partial charge in [0.2, 0.25) is 11.8 Å². The van der Waals surface area contributed by atoms with Gasteiger partial charge in [0, 0.05) is 29.6 Å². The summed E-state index contributed by atoms with van der Waals surface area (Å²) in [7, 11) is -4.21. The number of sulfonamides is 1. The predicted molar refractivity (Wildman–Crippen MR) is 181 cm³/mol. The van der Waals surface area contributed by atoms with E-state index in [1.807, 2.05) is 57.2 Å². The molecule has 236 valence electrons. The monoisotopic (exact) mass is 665 g/mol. The van der Waals surface area contributed by atoms with Gasteiger partial charge in [-0.2, -0.15) is 0 Å². The van der Waals surface area contributed by atoms with Crippen LogP contribution in [0.1, 0.15) is 30.5 Å². The lowest BCUT2D eigenvalue weighted by Crippen LogP contribution is -2.53. The van der Waals surface area contributed by atoms with Crippen LogP contribution in [0.25, 0.3) is 0 Å². The molecule has 45 heavy (non-hydrogen) atoms. The van der Waals surface area contributed by atoms with Gasteiger partial charge in [0.25, 0.3) is 10.0 Å². The second-order valence-electron chi connectivity index (χ2n) is 11.3. The molecule has 0 radical (unpaired) electrons. The first kappa shape index (κ1) is 34.0. The van der Waals surface area contributed by atoms with Gasteiger partial charge in [0.1, 0.15) is 12.6 Å². The zero-order valence-corrected chi connectivity index (χ0v) is 27.8. The normalized spacial score (nSPS) is 12.0. The van der Waals surface area contributed by atoms with Gasteiger partial charge in [0.05, 0.1) is 10.6 Å². The lowest BCUT2D eigenvalue weighted by Gasteiger charge is -2.34. The number of benzene rings is 4. The molecule has 0 saturated heterocycles. The largest absolute Gasteiger partial charge is 0.354 e. The first-order valence-electron chi connectivity index (χ1n) is 14.6. The maximum absolute atomic E-state index is 14.5. The van der Waals surface area contributed by atoms with E-state index in [-0.39, 0.29) is 35.4 Å². The minimum Gasteiger partial charge on any atom is -0.354 e. The van der Waals surface area contributed by atoms with Gasteiger partial charge < -0.3 is 10.2 Å². The zero-order valence-electron chi connectivity index (χ0n) is 25.5. The van der Waals surface area contributed by atoms with E-state index >= 15 is 0 Å². The summed E-state index contributed by atoms with van der Waals surface area (Å²) >= 11 is 12.7. The Morgan fingerprint density at radius 1 is 0.822 bits per heavy atom. The Hall–Kier alpha value is -3.85. The summed E-state index contributed by atoms with van der Waals surface area (Å²) in [5.41, 5.74) is 2.54. The van der Waals surface area contributed by atoms with Gasteiger partial charge in [-0.15, -0.1) is 0 Å². The van der Waals surface area contributed by atoms with Gasteiger partial charge in [-0.25, -0.2) is 8.42 Å². The fourth-order valence-electron chi connectivity index (χ4n) is 4.79. The van der Waals surface area contributed by atoms with Gasteiger partial charge >= 0.3 is 0 Å². The standard InChI is InChI=1S/C35H37Cl2N3O4S/c1-25(2)22-38-35(42)33(20-27-11-6-4-7-12-27)39(23-28-13-10-14-29(36)19-28)34(41)24-40(30-18-17-26(3)32(37)21-30)45(43,44)31-15-8-5-9-16-31/h4-19,21,25,33H,20,22-24H2,1-3H3,(H,38,42). The first-order valence-corrected chi connectivity index (χ1v) is 16.8. The molecule has 2 amide bonds. The molecule has 0 aliphatic rings. The van der Waals surface area contributed by atoms with Crippen LogP contribution in [0.5, 0.6) is 0 Å². The second kappa shape index (κ2) is 15.4. The van der Waals surface area contributed by atoms with Crippen molar-refractivity contribution in [2.24, 2.45) is 5.92 Å². The fraction of sp³-hybridized carbons (Fsp3) is 0.257. The van der Waals surface area contributed by atoms with E-state index in [0.717, 1.165) is 15.4 Å². The number of halogens is 2. The highest BCUT2D eigenvalue weighted by Crippen LogP contribution is 2.29. The van der Waals surface area contributed by atoms with Crippen molar-refractivity contribution >= 4 is 50.7 Å². The molecule has 0 bridgehead atoms. The molecule has 0 fully saturated rings. The smallest absolute Gasteiger partial charge is 0.264 e. The summed E-state index contributed by atoms with van der Waals surface area (Å²) in [5.74, 6) is -0.716. The van der Waals surface area contributed by atoms with Crippen molar-refractivity contribution in [3.63, 3.8) is 0 Å². The van der Waals surface area contributed by atoms with E-state index < -0.39 is 28.5 Å². The van der Waals surface area contributed by atoms with E-state index in [1.54, 1.807) is 48.5 Å². The van der Waals surface area contributed by atoms with Crippen molar-refractivity contribution in [2.45, 2.75) is 44.7 Å². The predicted octanol–water partition coefficient (Wildman–Crippen LogP) is 6.91. The number of carbonyl (C=O) groups is 2. The summed E-state index contributed by atoms with van der Waals surface area (Å²) in [6.07, 6.45) is 0.221. The summed E-state index contributed by atoms with van der Waals surface area (Å²) in [4.78, 5) is 29.8. The van der Waals surface area contributed by atoms with Crippen LogP contribution in [0.3, 0.4) is 0 Å². The van der Waals surface area contributed by atoms with E-state index in [4.69, 9.17) is 23.2 Å². The molecule has 1 atom stereocenters. The third-order valence-corrected chi connectivity index (χ3v) is 9.68. The molecule has 1 unspecified atom stereocenters. The molecular weight excluding hydrogens is 629 g/mol. The van der Waals surface area contributed by atoms with Gasteiger partial charge in [-0.1, -0.05) is 104 Å². The Bertz CT molecular complexity index is 1720. The molecule has 1 N–H and O–H groups in total. The van der Waals surface area contributed by atoms with E-state index in [9.17, 15) is 18.0 Å². The average Bonchev–Trinajstić information content (AvgIpc) is 3.02. The lowest BCUT2D eigenvalue weighted by molar-refractivity contribution is -0.140. The van der Waals surface area contributed by atoms with Crippen LogP contribution >= 0.6 is 23.2 Å². The van der Waals surface area contributed by atoms with Crippen molar-refractivity contribution in [3.8, 4) is 0 Å². The van der Waals surface area contributed by atoms with Crippen molar-refractivity contribution in [3.05, 3.63) is 130 Å². The molecular formula is C35H37Cl2N3O4S. The quantitative estimate of drug-likeness (QED) is 0.168. The van der Waals surface area contributed by atoms with Crippen molar-refractivity contribution < 1.29 is 18.0 Å². The molecule has 7 nitrogen and oxygen atoms in total. The van der Waals surface area contributed by atoms with Crippen LogP contribution < -0.4 is 9.62 Å². The molecule has 4 aromatic rings. The van der Waals surface area contributed by atoms with E-state index in [2.05, 4.69) is 5.32 Å². The highest BCUT2D eigenvalue weighted by atomic mass is 35.5. The van der Waals surface area contributed by atoms with Gasteiger partial charge in [-0.3, -0.25) is 13.9 Å². The molecule has 4 rings (SSSR count). The Balaban J connectivity index is 1.81. The highest BCUT2D eigenvalue weighted by Gasteiger charge is 2.34. The molecule has 0 aliphatic heterocycles. The third kappa shape index (κ3) is 9.10. The molecule has 0 spiro atoms. The third-order valence-electron chi connectivity index (χ3n) is 7.25. The molecule has 0 saturated carbocycles. The molecule has 0 heterocycles. The Kier molecular flexibility index (Phi) is 11.7. The fourth-order valence-corrected chi connectivity index (χ4v) is 6.61. The van der Waals surface area contributed by atoms with Crippen LogP contribution in [0, 0.1) is 12.8 Å². The van der Waals surface area contributed by atoms with E-state index in [1.165, 1.54) is 23.1 Å². The summed E-state index contributed by atoms with van der Waals surface area (Å²) in [6.45, 7) is 5.66. The zero-order chi connectivity index (χ0) is 32.6. The lowest BCUT2D eigenvalue weighted by atomic mass is 10.0. The van der Waals surface area contributed by atoms with Crippen LogP contribution in [-0.4, -0.2) is 44.3 Å². The Labute approximate surface area is 275 Å². The maximum atomic E-state index is 14.5. The summed E-state index contributed by atoms with van der Waals surface area (Å²) in [6, 6.07) is 28.3. The van der Waals surface area contributed by atoms with Crippen molar-refractivity contribution in [2.75, 3.05) is 17.4 Å². The van der Waals surface area contributed by atoms with Gasteiger partial charge in [0.15, 0.2) is 0 Å². The minimum atomic E-state index is -4.21. The SMILES string of the molecule is Cc1ccc(N(CC(=O)N(Cc2cccc(Cl)c2)C(Cc2ccccc2)C(=O)NCC(C)C)S(=O)(=O)c2ccccc2)cc1Cl. The molecule has 0 aliphatic carbocycles. The highest BCUT2D eigenvalue weighted by molar-refractivity contribution is 7.92. The number of hydrogen-bond acceptors (Lipinski definition) is 4. The number of rotatable bonds is 13. The number of nitrogens with one attached hydrogen (secondary N) is 1. The first-order chi connectivity index (χ1) is 21.5. The molecule has 0 aromatic heterocycles. The number of hydrogen-bond donors (Lipinski definition) is 1. The van der Waals surface area contributed by atoms with Crippen LogP contribution in [0.4, 0.5) is 5.69 Å². The Morgan fingerprint density at radius 3 is 2.09 bits per heavy atom. The van der Waals surface area contributed by atoms with Crippen molar-refractivity contribution in [1.29, 1.82) is 0 Å². The topological polar surface area (TPSA) is 86.8 Å². The molecule has 4 aromatic carbocycles. The minimum absolute atomic E-state index is 0.0198. The number of carbonyl (C=O) groups excluding carboxylic acids is 2. The van der Waals surface area contributed by atoms with Gasteiger partial charge in [-0.05, 0) is 65.9 Å². The van der Waals surface area contributed by atoms with Crippen LogP contribution in [0.15, 0.2) is 108 Å². The van der Waals surface area contributed by atoms with E-state index in [0.29, 0.717) is 22.2 Å². The molecule has 10 heteroatoms. The van der Waals surface area contributed by atoms with Crippen LogP contribution in [0.2, 0.25) is 10.0 Å². The number of anilines is 1. The Morgan fingerprint density at radius 2 is 1.47 bits per heavy atom. The van der Waals surface area contributed by atoms with Crippen molar-refractivity contribution in [1.82, 2.24) is 10.2 Å². The average molecular weight is 667 g/mol. The maximum Gasteiger partial charge on any atom is 0.264 e. The van der Waals surface area contributed by atoms with Crippen LogP contribution in [-0.2, 0) is 32.6 Å². The summed E-state index contributed by atoms with van der Waals surface area (Å²) < 4.78 is 29.2. The summed E-state index contributed by atoms with van der Waals surface area (Å²) in [5, 5.41) is 3.82. The second-order valence-corrected chi connectivity index (χ2v) is 14.0. The number of nitrogens with zero attached hydrogens (tertiary/aromatic N) is 2.